The van der Waals surface area contributed by atoms with E-state index in [4.69, 9.17) is 21.1 Å². The molecule has 0 radical (unpaired) electrons. The zero-order valence-corrected chi connectivity index (χ0v) is 19.6. The van der Waals surface area contributed by atoms with Gasteiger partial charge < -0.3 is 14.4 Å². The lowest BCUT2D eigenvalue weighted by atomic mass is 10.1. The molecule has 2 heterocycles. The summed E-state index contributed by atoms with van der Waals surface area (Å²) < 4.78 is 51.2. The molecule has 0 spiro atoms. The first-order valence-corrected chi connectivity index (χ1v) is 11.9. The maximum absolute atomic E-state index is 13.4. The van der Waals surface area contributed by atoms with Crippen molar-refractivity contribution in [2.24, 2.45) is 0 Å². The minimum Gasteiger partial charge on any atom is -0.497 e. The molecule has 1 aromatic heterocycles. The maximum atomic E-state index is 13.4. The summed E-state index contributed by atoms with van der Waals surface area (Å²) in [6, 6.07) is 12.5. The number of piperazine rings is 1. The van der Waals surface area contributed by atoms with Crippen molar-refractivity contribution >= 4 is 27.4 Å². The first-order valence-electron chi connectivity index (χ1n) is 10.1. The van der Waals surface area contributed by atoms with Crippen LogP contribution >= 0.6 is 11.6 Å². The summed E-state index contributed by atoms with van der Waals surface area (Å²) in [7, 11) is -0.598. The van der Waals surface area contributed by atoms with Crippen LogP contribution in [0.25, 0.3) is 11.3 Å². The molecule has 0 aliphatic carbocycles. The molecule has 0 bridgehead atoms. The zero-order chi connectivity index (χ0) is 23.6. The van der Waals surface area contributed by atoms with Crippen molar-refractivity contribution in [1.82, 2.24) is 14.5 Å². The third-order valence-electron chi connectivity index (χ3n) is 5.42. The topological polar surface area (TPSA) is 84.9 Å². The van der Waals surface area contributed by atoms with Crippen LogP contribution in [0.3, 0.4) is 0 Å². The standard InChI is InChI=1S/C22H22ClFN4O4S/c1-31-15-3-7-21(32-2)17(13-15)20-6-8-22(26-25-20)27-9-11-28(12-10-27)33(29,30)16-4-5-19(24)18(23)14-16/h3-8,13-14H,9-12H2,1-2H3. The van der Waals surface area contributed by atoms with E-state index in [1.54, 1.807) is 26.4 Å². The lowest BCUT2D eigenvalue weighted by Gasteiger charge is -2.34. The Morgan fingerprint density at radius 1 is 0.939 bits per heavy atom. The maximum Gasteiger partial charge on any atom is 0.243 e. The molecule has 0 atom stereocenters. The fraction of sp³-hybridized carbons (Fsp3) is 0.273. The largest absolute Gasteiger partial charge is 0.497 e. The van der Waals surface area contributed by atoms with Crippen molar-refractivity contribution in [3.8, 4) is 22.8 Å². The molecule has 0 amide bonds. The average Bonchev–Trinajstić information content (AvgIpc) is 2.85. The number of hydrogen-bond acceptors (Lipinski definition) is 7. The molecular formula is C22H22ClFN4O4S. The van der Waals surface area contributed by atoms with Crippen LogP contribution in [0.1, 0.15) is 0 Å². The molecule has 8 nitrogen and oxygen atoms in total. The second-order valence-corrected chi connectivity index (χ2v) is 9.66. The summed E-state index contributed by atoms with van der Waals surface area (Å²) >= 11 is 5.76. The zero-order valence-electron chi connectivity index (χ0n) is 18.0. The molecular weight excluding hydrogens is 471 g/mol. The molecule has 1 aliphatic heterocycles. The van der Waals surface area contributed by atoms with Crippen LogP contribution in [0.15, 0.2) is 53.4 Å². The normalized spacial score (nSPS) is 14.8. The Labute approximate surface area is 196 Å². The first-order chi connectivity index (χ1) is 15.8. The molecule has 33 heavy (non-hydrogen) atoms. The van der Waals surface area contributed by atoms with Gasteiger partial charge in [0.25, 0.3) is 0 Å². The minimum atomic E-state index is -3.77. The predicted octanol–water partition coefficient (Wildman–Crippen LogP) is 3.46. The first kappa shape index (κ1) is 23.2. The Kier molecular flexibility index (Phi) is 6.68. The number of rotatable bonds is 6. The van der Waals surface area contributed by atoms with Gasteiger partial charge in [0.15, 0.2) is 5.82 Å². The average molecular weight is 493 g/mol. The van der Waals surface area contributed by atoms with Crippen molar-refractivity contribution in [3.05, 3.63) is 59.4 Å². The quantitative estimate of drug-likeness (QED) is 0.521. The Balaban J connectivity index is 1.47. The van der Waals surface area contributed by atoms with E-state index in [1.165, 1.54) is 10.4 Å². The number of benzene rings is 2. The van der Waals surface area contributed by atoms with Crippen LogP contribution in [0.5, 0.6) is 11.5 Å². The van der Waals surface area contributed by atoms with Crippen LogP contribution in [0.2, 0.25) is 5.02 Å². The lowest BCUT2D eigenvalue weighted by molar-refractivity contribution is 0.383. The number of sulfonamides is 1. The number of ether oxygens (including phenoxy) is 2. The van der Waals surface area contributed by atoms with E-state index in [0.29, 0.717) is 36.1 Å². The van der Waals surface area contributed by atoms with Gasteiger partial charge in [0, 0.05) is 31.7 Å². The Morgan fingerprint density at radius 2 is 1.70 bits per heavy atom. The van der Waals surface area contributed by atoms with Gasteiger partial charge in [0.2, 0.25) is 10.0 Å². The Morgan fingerprint density at radius 3 is 2.30 bits per heavy atom. The molecule has 1 aliphatic rings. The van der Waals surface area contributed by atoms with Crippen molar-refractivity contribution < 1.29 is 22.3 Å². The molecule has 0 N–H and O–H groups in total. The minimum absolute atomic E-state index is 0.0290. The van der Waals surface area contributed by atoms with E-state index < -0.39 is 15.8 Å². The fourth-order valence-electron chi connectivity index (χ4n) is 3.60. The molecule has 11 heteroatoms. The number of aromatic nitrogens is 2. The van der Waals surface area contributed by atoms with Gasteiger partial charge in [-0.3, -0.25) is 0 Å². The van der Waals surface area contributed by atoms with Crippen molar-refractivity contribution in [3.63, 3.8) is 0 Å². The van der Waals surface area contributed by atoms with Crippen LogP contribution in [-0.4, -0.2) is 63.3 Å². The van der Waals surface area contributed by atoms with Gasteiger partial charge in [-0.1, -0.05) is 11.6 Å². The van der Waals surface area contributed by atoms with Gasteiger partial charge >= 0.3 is 0 Å². The fourth-order valence-corrected chi connectivity index (χ4v) is 5.29. The van der Waals surface area contributed by atoms with Crippen LogP contribution in [0.4, 0.5) is 10.2 Å². The smallest absolute Gasteiger partial charge is 0.243 e. The van der Waals surface area contributed by atoms with E-state index in [-0.39, 0.29) is 23.0 Å². The number of methoxy groups -OCH3 is 2. The highest BCUT2D eigenvalue weighted by Crippen LogP contribution is 2.32. The molecule has 0 saturated carbocycles. The van der Waals surface area contributed by atoms with E-state index in [1.807, 2.05) is 23.1 Å². The Bertz CT molecular complexity index is 1250. The van der Waals surface area contributed by atoms with Gasteiger partial charge in [-0.25, -0.2) is 12.8 Å². The molecule has 3 aromatic rings. The summed E-state index contributed by atoms with van der Waals surface area (Å²) in [5.74, 6) is 1.31. The van der Waals surface area contributed by atoms with Gasteiger partial charge in [0.1, 0.15) is 17.3 Å². The van der Waals surface area contributed by atoms with Crippen molar-refractivity contribution in [1.29, 1.82) is 0 Å². The van der Waals surface area contributed by atoms with Gasteiger partial charge in [-0.15, -0.1) is 10.2 Å². The van der Waals surface area contributed by atoms with Crippen molar-refractivity contribution in [2.75, 3.05) is 45.3 Å². The Hall–Kier alpha value is -2.95. The van der Waals surface area contributed by atoms with Gasteiger partial charge in [-0.05, 0) is 48.5 Å². The number of hydrogen-bond donors (Lipinski definition) is 0. The summed E-state index contributed by atoms with van der Waals surface area (Å²) in [6.45, 7) is 1.38. The summed E-state index contributed by atoms with van der Waals surface area (Å²) in [6.07, 6.45) is 0. The van der Waals surface area contributed by atoms with Crippen molar-refractivity contribution in [2.45, 2.75) is 4.90 Å². The summed E-state index contributed by atoms with van der Waals surface area (Å²) in [4.78, 5) is 1.93. The highest BCUT2D eigenvalue weighted by atomic mass is 35.5. The van der Waals surface area contributed by atoms with E-state index >= 15 is 0 Å². The van der Waals surface area contributed by atoms with Crippen LogP contribution in [0, 0.1) is 5.82 Å². The monoisotopic (exact) mass is 492 g/mol. The molecule has 4 rings (SSSR count). The van der Waals surface area contributed by atoms with Crippen LogP contribution < -0.4 is 14.4 Å². The number of halogens is 2. The SMILES string of the molecule is COc1ccc(OC)c(-c2ccc(N3CCN(S(=O)(=O)c4ccc(F)c(Cl)c4)CC3)nn2)c1. The molecule has 0 unspecified atom stereocenters. The van der Waals surface area contributed by atoms with E-state index in [2.05, 4.69) is 10.2 Å². The summed E-state index contributed by atoms with van der Waals surface area (Å²) in [5, 5.41) is 8.44. The van der Waals surface area contributed by atoms with Gasteiger partial charge in [0.05, 0.1) is 29.8 Å². The van der Waals surface area contributed by atoms with Crippen LogP contribution in [-0.2, 0) is 10.0 Å². The lowest BCUT2D eigenvalue weighted by Crippen LogP contribution is -2.49. The number of nitrogens with zero attached hydrogens (tertiary/aromatic N) is 4. The molecule has 1 fully saturated rings. The second kappa shape index (κ2) is 9.50. The van der Waals surface area contributed by atoms with E-state index in [0.717, 1.165) is 17.7 Å². The predicted molar refractivity (Wildman–Crippen MR) is 123 cm³/mol. The third-order valence-corrected chi connectivity index (χ3v) is 7.61. The molecule has 2 aromatic carbocycles. The summed E-state index contributed by atoms with van der Waals surface area (Å²) in [5.41, 5.74) is 1.38. The highest BCUT2D eigenvalue weighted by Gasteiger charge is 2.29. The molecule has 174 valence electrons. The highest BCUT2D eigenvalue weighted by molar-refractivity contribution is 7.89. The second-order valence-electron chi connectivity index (χ2n) is 7.31. The molecule has 1 saturated heterocycles. The van der Waals surface area contributed by atoms with E-state index in [9.17, 15) is 12.8 Å². The van der Waals surface area contributed by atoms with Gasteiger partial charge in [-0.2, -0.15) is 4.31 Å². The number of anilines is 1. The third kappa shape index (κ3) is 4.73.